The normalized spacial score (nSPS) is 20.0. The number of hydrogen-bond donors (Lipinski definition) is 2. The van der Waals surface area contributed by atoms with Crippen LogP contribution in [-0.4, -0.2) is 29.0 Å². The average molecular weight is 247 g/mol. The second-order valence-electron chi connectivity index (χ2n) is 4.83. The van der Waals surface area contributed by atoms with Crippen LogP contribution in [0.3, 0.4) is 0 Å². The van der Waals surface area contributed by atoms with Crippen LogP contribution >= 0.6 is 0 Å². The van der Waals surface area contributed by atoms with Crippen LogP contribution in [0.5, 0.6) is 11.5 Å². The predicted octanol–water partition coefficient (Wildman–Crippen LogP) is 1.83. The van der Waals surface area contributed by atoms with Crippen molar-refractivity contribution in [2.24, 2.45) is 5.73 Å². The van der Waals surface area contributed by atoms with E-state index in [2.05, 4.69) is 10.2 Å². The molecule has 1 aromatic carbocycles. The molecule has 2 aromatic rings. The summed E-state index contributed by atoms with van der Waals surface area (Å²) >= 11 is 0. The summed E-state index contributed by atoms with van der Waals surface area (Å²) in [5.41, 5.74) is 6.67. The summed E-state index contributed by atoms with van der Waals surface area (Å²) in [6, 6.07) is 4.09. The number of nitrogens with two attached hydrogens (primary N) is 1. The van der Waals surface area contributed by atoms with Crippen LogP contribution in [0.1, 0.15) is 19.8 Å². The van der Waals surface area contributed by atoms with Crippen LogP contribution in [0.2, 0.25) is 0 Å². The smallest absolute Gasteiger partial charge is 0.187 e. The fraction of sp³-hybridized carbons (Fsp3) is 0.462. The average Bonchev–Trinajstić information content (AvgIpc) is 2.84. The molecule has 0 fully saturated rings. The van der Waals surface area contributed by atoms with Gasteiger partial charge in [0.05, 0.1) is 6.20 Å². The first-order valence-electron chi connectivity index (χ1n) is 6.25. The molecule has 0 saturated carbocycles. The minimum absolute atomic E-state index is 0.0670. The topological polar surface area (TPSA) is 73.2 Å². The molecule has 0 saturated heterocycles. The Hall–Kier alpha value is -1.75. The molecule has 3 rings (SSSR count). The zero-order valence-electron chi connectivity index (χ0n) is 10.3. The van der Waals surface area contributed by atoms with Crippen LogP contribution in [-0.2, 0) is 0 Å². The molecule has 96 valence electrons. The van der Waals surface area contributed by atoms with E-state index in [0.717, 1.165) is 35.2 Å². The molecule has 3 N–H and O–H groups in total. The van der Waals surface area contributed by atoms with Crippen molar-refractivity contribution in [3.05, 3.63) is 18.3 Å². The Morgan fingerprint density at radius 1 is 1.56 bits per heavy atom. The van der Waals surface area contributed by atoms with Crippen molar-refractivity contribution in [2.45, 2.75) is 31.9 Å². The number of aromatic amines is 1. The number of fused-ring (bicyclic) bond motifs is 3. The first kappa shape index (κ1) is 11.3. The highest BCUT2D eigenvalue weighted by molar-refractivity contribution is 5.86. The van der Waals surface area contributed by atoms with Crippen molar-refractivity contribution in [1.82, 2.24) is 10.2 Å². The van der Waals surface area contributed by atoms with Crippen molar-refractivity contribution in [3.8, 4) is 11.5 Å². The van der Waals surface area contributed by atoms with Crippen molar-refractivity contribution in [3.63, 3.8) is 0 Å². The third-order valence-corrected chi connectivity index (χ3v) is 3.19. The van der Waals surface area contributed by atoms with Crippen molar-refractivity contribution >= 4 is 10.9 Å². The lowest BCUT2D eigenvalue weighted by molar-refractivity contribution is 0.0840. The van der Waals surface area contributed by atoms with Crippen LogP contribution in [0.4, 0.5) is 0 Å². The minimum Gasteiger partial charge on any atom is -0.486 e. The minimum atomic E-state index is 0.0670. The highest BCUT2D eigenvalue weighted by atomic mass is 16.6. The van der Waals surface area contributed by atoms with Gasteiger partial charge < -0.3 is 15.2 Å². The number of nitrogens with one attached hydrogen (secondary N) is 1. The van der Waals surface area contributed by atoms with Gasteiger partial charge in [0.2, 0.25) is 0 Å². The van der Waals surface area contributed by atoms with Crippen molar-refractivity contribution in [1.29, 1.82) is 0 Å². The fourth-order valence-electron chi connectivity index (χ4n) is 2.17. The number of hydrogen-bond acceptors (Lipinski definition) is 4. The number of aromatic nitrogens is 2. The molecular formula is C13H17N3O2. The maximum atomic E-state index is 6.00. The second kappa shape index (κ2) is 4.49. The van der Waals surface area contributed by atoms with Crippen LogP contribution in [0.15, 0.2) is 18.3 Å². The summed E-state index contributed by atoms with van der Waals surface area (Å²) in [4.78, 5) is 0. The molecule has 0 aliphatic carbocycles. The lowest BCUT2D eigenvalue weighted by Crippen LogP contribution is -2.31. The molecule has 5 heteroatoms. The molecule has 0 radical (unpaired) electrons. The van der Waals surface area contributed by atoms with Gasteiger partial charge in [0.15, 0.2) is 11.5 Å². The number of rotatable bonds is 3. The van der Waals surface area contributed by atoms with Crippen LogP contribution < -0.4 is 15.2 Å². The van der Waals surface area contributed by atoms with Gasteiger partial charge in [-0.2, -0.15) is 5.10 Å². The van der Waals surface area contributed by atoms with Crippen LogP contribution in [0.25, 0.3) is 10.9 Å². The molecule has 5 nitrogen and oxygen atoms in total. The van der Waals surface area contributed by atoms with E-state index in [1.54, 1.807) is 6.20 Å². The van der Waals surface area contributed by atoms with E-state index in [1.807, 2.05) is 19.1 Å². The molecule has 0 unspecified atom stereocenters. The molecule has 0 amide bonds. The third-order valence-electron chi connectivity index (χ3n) is 3.19. The highest BCUT2D eigenvalue weighted by Gasteiger charge is 2.23. The summed E-state index contributed by atoms with van der Waals surface area (Å²) in [6.07, 6.45) is 3.69. The maximum absolute atomic E-state index is 6.00. The van der Waals surface area contributed by atoms with E-state index in [9.17, 15) is 0 Å². The summed E-state index contributed by atoms with van der Waals surface area (Å²) in [5.74, 6) is 1.55. The lowest BCUT2D eigenvalue weighted by atomic mass is 10.1. The summed E-state index contributed by atoms with van der Waals surface area (Å²) in [7, 11) is 0. The summed E-state index contributed by atoms with van der Waals surface area (Å²) in [6.45, 7) is 2.59. The van der Waals surface area contributed by atoms with Gasteiger partial charge in [0.25, 0.3) is 0 Å². The standard InChI is InChI=1S/C13H17N3O2/c1-8(14)2-4-10-7-17-11-5-3-9-6-15-16-12(9)13(11)18-10/h3,5-6,8,10H,2,4,7,14H2,1H3,(H,15,16)/t8-,10-/m0/s1. The Bertz CT molecular complexity index is 550. The molecule has 18 heavy (non-hydrogen) atoms. The van der Waals surface area contributed by atoms with Gasteiger partial charge in [0.1, 0.15) is 18.2 Å². The lowest BCUT2D eigenvalue weighted by Gasteiger charge is -2.27. The van der Waals surface area contributed by atoms with E-state index < -0.39 is 0 Å². The Morgan fingerprint density at radius 2 is 2.44 bits per heavy atom. The van der Waals surface area contributed by atoms with E-state index in [0.29, 0.717) is 6.61 Å². The number of ether oxygens (including phenoxy) is 2. The molecule has 1 aliphatic heterocycles. The fourth-order valence-corrected chi connectivity index (χ4v) is 2.17. The Morgan fingerprint density at radius 3 is 3.28 bits per heavy atom. The van der Waals surface area contributed by atoms with Gasteiger partial charge in [-0.3, -0.25) is 5.10 Å². The van der Waals surface area contributed by atoms with Gasteiger partial charge in [-0.1, -0.05) is 0 Å². The third kappa shape index (κ3) is 2.01. The molecule has 2 atom stereocenters. The van der Waals surface area contributed by atoms with Gasteiger partial charge in [-0.15, -0.1) is 0 Å². The zero-order valence-corrected chi connectivity index (χ0v) is 10.3. The van der Waals surface area contributed by atoms with Gasteiger partial charge in [0, 0.05) is 11.4 Å². The Labute approximate surface area is 105 Å². The van der Waals surface area contributed by atoms with Crippen LogP contribution in [0, 0.1) is 0 Å². The van der Waals surface area contributed by atoms with Gasteiger partial charge >= 0.3 is 0 Å². The quantitative estimate of drug-likeness (QED) is 0.867. The molecule has 0 bridgehead atoms. The number of nitrogens with zero attached hydrogens (tertiary/aromatic N) is 1. The highest BCUT2D eigenvalue weighted by Crippen LogP contribution is 2.38. The monoisotopic (exact) mass is 247 g/mol. The number of H-pyrrole nitrogens is 1. The molecular weight excluding hydrogens is 230 g/mol. The largest absolute Gasteiger partial charge is 0.486 e. The first-order chi connectivity index (χ1) is 8.74. The van der Waals surface area contributed by atoms with E-state index in [1.165, 1.54) is 0 Å². The van der Waals surface area contributed by atoms with E-state index in [-0.39, 0.29) is 12.1 Å². The van der Waals surface area contributed by atoms with Gasteiger partial charge in [-0.25, -0.2) is 0 Å². The van der Waals surface area contributed by atoms with Gasteiger partial charge in [-0.05, 0) is 31.9 Å². The molecule has 0 spiro atoms. The SMILES string of the molecule is C[C@H](N)CC[C@H]1COc2ccc3cn[nH]c3c2O1. The Kier molecular flexibility index (Phi) is 2.83. The number of benzene rings is 1. The summed E-state index contributed by atoms with van der Waals surface area (Å²) < 4.78 is 11.7. The second-order valence-corrected chi connectivity index (χ2v) is 4.83. The van der Waals surface area contributed by atoms with Crippen molar-refractivity contribution in [2.75, 3.05) is 6.61 Å². The van der Waals surface area contributed by atoms with E-state index in [4.69, 9.17) is 15.2 Å². The summed E-state index contributed by atoms with van der Waals surface area (Å²) in [5, 5.41) is 8.01. The maximum Gasteiger partial charge on any atom is 0.187 e. The molecule has 1 aromatic heterocycles. The first-order valence-corrected chi connectivity index (χ1v) is 6.25. The Balaban J connectivity index is 1.84. The zero-order chi connectivity index (χ0) is 12.5. The van der Waals surface area contributed by atoms with E-state index >= 15 is 0 Å². The molecule has 1 aliphatic rings. The predicted molar refractivity (Wildman–Crippen MR) is 68.9 cm³/mol. The molecule has 2 heterocycles. The van der Waals surface area contributed by atoms with Crippen molar-refractivity contribution < 1.29 is 9.47 Å².